The lowest BCUT2D eigenvalue weighted by Crippen LogP contribution is -2.00. The zero-order valence-corrected chi connectivity index (χ0v) is 6.70. The highest BCUT2D eigenvalue weighted by Gasteiger charge is 1.99. The molecule has 0 fully saturated rings. The first-order valence-corrected chi connectivity index (χ1v) is 3.39. The number of hydrogen-bond donors (Lipinski definition) is 1. The Morgan fingerprint density at radius 2 is 2.36 bits per heavy atom. The summed E-state index contributed by atoms with van der Waals surface area (Å²) in [5.74, 6) is 0. The van der Waals surface area contributed by atoms with Crippen LogP contribution in [0.1, 0.15) is 12.5 Å². The summed E-state index contributed by atoms with van der Waals surface area (Å²) < 4.78 is 0. The van der Waals surface area contributed by atoms with Crippen molar-refractivity contribution in [1.82, 2.24) is 4.98 Å². The van der Waals surface area contributed by atoms with Crippen LogP contribution in [-0.4, -0.2) is 17.7 Å². The molecule has 0 amide bonds. The van der Waals surface area contributed by atoms with Crippen LogP contribution in [0.2, 0.25) is 0 Å². The Morgan fingerprint density at radius 1 is 1.64 bits per heavy atom. The van der Waals surface area contributed by atoms with E-state index in [-0.39, 0.29) is 0 Å². The third-order valence-electron chi connectivity index (χ3n) is 1.58. The number of hydrogen-bond acceptors (Lipinski definition) is 3. The quantitative estimate of drug-likeness (QED) is 0.608. The molecule has 0 atom stereocenters. The molecule has 58 valence electrons. The number of nitrogens with zero attached hydrogens (tertiary/aromatic N) is 2. The molecule has 0 aromatic carbocycles. The van der Waals surface area contributed by atoms with Crippen molar-refractivity contribution < 1.29 is 0 Å². The first-order valence-electron chi connectivity index (χ1n) is 3.39. The minimum Gasteiger partial charge on any atom is -0.398 e. The van der Waals surface area contributed by atoms with E-state index >= 15 is 0 Å². The van der Waals surface area contributed by atoms with E-state index in [0.717, 1.165) is 17.0 Å². The fraction of sp³-hybridized carbons (Fsp3) is 0.250. The number of nitrogens with two attached hydrogens (primary N) is 1. The topological polar surface area (TPSA) is 51.3 Å². The molecule has 0 saturated carbocycles. The number of nitrogen functional groups attached to an aromatic ring is 1. The van der Waals surface area contributed by atoms with Gasteiger partial charge in [-0.25, -0.2) is 0 Å². The van der Waals surface area contributed by atoms with Gasteiger partial charge in [-0.3, -0.25) is 9.98 Å². The van der Waals surface area contributed by atoms with E-state index in [4.69, 9.17) is 5.73 Å². The van der Waals surface area contributed by atoms with Gasteiger partial charge in [0.25, 0.3) is 0 Å². The van der Waals surface area contributed by atoms with Crippen molar-refractivity contribution in [2.75, 3.05) is 12.8 Å². The van der Waals surface area contributed by atoms with E-state index in [2.05, 4.69) is 9.98 Å². The number of pyridine rings is 1. The van der Waals surface area contributed by atoms with Gasteiger partial charge in [-0.1, -0.05) is 0 Å². The van der Waals surface area contributed by atoms with Crippen molar-refractivity contribution in [2.24, 2.45) is 4.99 Å². The van der Waals surface area contributed by atoms with Crippen LogP contribution in [0.15, 0.2) is 23.5 Å². The molecule has 3 nitrogen and oxygen atoms in total. The van der Waals surface area contributed by atoms with Crippen LogP contribution in [0.4, 0.5) is 5.69 Å². The maximum absolute atomic E-state index is 5.68. The van der Waals surface area contributed by atoms with E-state index < -0.39 is 0 Å². The lowest BCUT2D eigenvalue weighted by Gasteiger charge is -2.01. The fourth-order valence-electron chi connectivity index (χ4n) is 0.828. The standard InChI is InChI=1S/C8H11N3/c1-6(10-2)7-5-11-4-3-8(7)9/h3-5H,1-2H3,(H2,9,11)/b10-6-. The molecule has 11 heavy (non-hydrogen) atoms. The van der Waals surface area contributed by atoms with Crippen LogP contribution < -0.4 is 5.73 Å². The molecule has 1 heterocycles. The van der Waals surface area contributed by atoms with Crippen LogP contribution in [0.5, 0.6) is 0 Å². The van der Waals surface area contributed by atoms with Gasteiger partial charge in [0.2, 0.25) is 0 Å². The Hall–Kier alpha value is -1.38. The van der Waals surface area contributed by atoms with Gasteiger partial charge in [0, 0.05) is 36.4 Å². The lowest BCUT2D eigenvalue weighted by molar-refractivity contribution is 1.30. The molecule has 0 radical (unpaired) electrons. The van der Waals surface area contributed by atoms with Crippen molar-refractivity contribution in [1.29, 1.82) is 0 Å². The second-order valence-corrected chi connectivity index (χ2v) is 2.27. The van der Waals surface area contributed by atoms with E-state index in [1.165, 1.54) is 0 Å². The van der Waals surface area contributed by atoms with Gasteiger partial charge in [-0.2, -0.15) is 0 Å². The van der Waals surface area contributed by atoms with Gasteiger partial charge in [-0.15, -0.1) is 0 Å². The van der Waals surface area contributed by atoms with Crippen LogP contribution in [0.25, 0.3) is 0 Å². The molecule has 0 spiro atoms. The van der Waals surface area contributed by atoms with Gasteiger partial charge >= 0.3 is 0 Å². The van der Waals surface area contributed by atoms with Gasteiger partial charge in [0.1, 0.15) is 0 Å². The Bertz CT molecular complexity index is 278. The van der Waals surface area contributed by atoms with E-state index in [9.17, 15) is 0 Å². The monoisotopic (exact) mass is 149 g/mol. The molecule has 2 N–H and O–H groups in total. The molecule has 0 aliphatic rings. The Balaban J connectivity index is 3.14. The fourth-order valence-corrected chi connectivity index (χ4v) is 0.828. The van der Waals surface area contributed by atoms with Crippen molar-refractivity contribution in [3.8, 4) is 0 Å². The number of anilines is 1. The predicted octanol–water partition coefficient (Wildman–Crippen LogP) is 1.10. The summed E-state index contributed by atoms with van der Waals surface area (Å²) in [6.45, 7) is 1.91. The van der Waals surface area contributed by atoms with Crippen molar-refractivity contribution in [2.45, 2.75) is 6.92 Å². The van der Waals surface area contributed by atoms with Crippen LogP contribution in [0.3, 0.4) is 0 Å². The number of aromatic nitrogens is 1. The SMILES string of the molecule is C/N=C(/C)c1cnccc1N. The first-order chi connectivity index (χ1) is 5.25. The second kappa shape index (κ2) is 3.14. The molecule has 0 unspecified atom stereocenters. The summed E-state index contributed by atoms with van der Waals surface area (Å²) in [6, 6.07) is 1.77. The average Bonchev–Trinajstić information content (AvgIpc) is 2.04. The summed E-state index contributed by atoms with van der Waals surface area (Å²) in [5.41, 5.74) is 8.23. The predicted molar refractivity (Wildman–Crippen MR) is 46.8 cm³/mol. The van der Waals surface area contributed by atoms with Crippen LogP contribution in [-0.2, 0) is 0 Å². The normalized spacial score (nSPS) is 11.6. The summed E-state index contributed by atoms with van der Waals surface area (Å²) in [5, 5.41) is 0. The highest BCUT2D eigenvalue weighted by molar-refractivity contribution is 6.02. The maximum Gasteiger partial charge on any atom is 0.0436 e. The highest BCUT2D eigenvalue weighted by Crippen LogP contribution is 2.09. The number of rotatable bonds is 1. The van der Waals surface area contributed by atoms with Crippen LogP contribution in [0, 0.1) is 0 Å². The van der Waals surface area contributed by atoms with Gasteiger partial charge in [-0.05, 0) is 13.0 Å². The lowest BCUT2D eigenvalue weighted by atomic mass is 10.1. The van der Waals surface area contributed by atoms with Crippen molar-refractivity contribution >= 4 is 11.4 Å². The van der Waals surface area contributed by atoms with E-state index in [1.54, 1.807) is 25.5 Å². The molecule has 1 aromatic rings. The molecule has 1 rings (SSSR count). The third-order valence-corrected chi connectivity index (χ3v) is 1.58. The third kappa shape index (κ3) is 1.55. The molecule has 1 aromatic heterocycles. The highest BCUT2D eigenvalue weighted by atomic mass is 14.7. The largest absolute Gasteiger partial charge is 0.398 e. The minimum absolute atomic E-state index is 0.725. The van der Waals surface area contributed by atoms with Gasteiger partial charge in [0.05, 0.1) is 0 Å². The number of aliphatic imine (C=N–C) groups is 1. The zero-order valence-electron chi connectivity index (χ0n) is 6.70. The molecular weight excluding hydrogens is 138 g/mol. The first kappa shape index (κ1) is 7.72. The minimum atomic E-state index is 0.725. The zero-order chi connectivity index (χ0) is 8.27. The Kier molecular flexibility index (Phi) is 2.21. The summed E-state index contributed by atoms with van der Waals surface area (Å²) in [6.07, 6.45) is 3.39. The Labute approximate surface area is 66.0 Å². The average molecular weight is 149 g/mol. The molecule has 0 bridgehead atoms. The molecule has 0 aliphatic heterocycles. The van der Waals surface area contributed by atoms with Crippen LogP contribution >= 0.6 is 0 Å². The summed E-state index contributed by atoms with van der Waals surface area (Å²) in [4.78, 5) is 7.97. The summed E-state index contributed by atoms with van der Waals surface area (Å²) >= 11 is 0. The van der Waals surface area contributed by atoms with E-state index in [1.807, 2.05) is 6.92 Å². The van der Waals surface area contributed by atoms with Gasteiger partial charge in [0.15, 0.2) is 0 Å². The van der Waals surface area contributed by atoms with Crippen molar-refractivity contribution in [3.05, 3.63) is 24.0 Å². The molecule has 3 heteroatoms. The van der Waals surface area contributed by atoms with Gasteiger partial charge < -0.3 is 5.73 Å². The molecule has 0 saturated heterocycles. The smallest absolute Gasteiger partial charge is 0.0436 e. The molecular formula is C8H11N3. The van der Waals surface area contributed by atoms with E-state index in [0.29, 0.717) is 0 Å². The Morgan fingerprint density at radius 3 is 2.91 bits per heavy atom. The maximum atomic E-state index is 5.68. The van der Waals surface area contributed by atoms with Crippen molar-refractivity contribution in [3.63, 3.8) is 0 Å². The molecule has 0 aliphatic carbocycles. The second-order valence-electron chi connectivity index (χ2n) is 2.27. The summed E-state index contributed by atoms with van der Waals surface area (Å²) in [7, 11) is 1.74.